The number of nitrogens with one attached hydrogen (secondary N) is 1. The van der Waals surface area contributed by atoms with Gasteiger partial charge in [0.25, 0.3) is 0 Å². The average molecular weight is 395 g/mol. The van der Waals surface area contributed by atoms with Crippen molar-refractivity contribution in [2.24, 2.45) is 5.92 Å². The quantitative estimate of drug-likeness (QED) is 0.728. The van der Waals surface area contributed by atoms with E-state index in [0.717, 1.165) is 61.9 Å². The van der Waals surface area contributed by atoms with Crippen LogP contribution in [-0.2, 0) is 11.2 Å². The van der Waals surface area contributed by atoms with Crippen molar-refractivity contribution in [1.82, 2.24) is 24.8 Å². The highest BCUT2D eigenvalue weighted by molar-refractivity contribution is 5.87. The number of piperidine rings is 1. The Morgan fingerprint density at radius 1 is 1.31 bits per heavy atom. The van der Waals surface area contributed by atoms with E-state index >= 15 is 0 Å². The summed E-state index contributed by atoms with van der Waals surface area (Å²) < 4.78 is 0. The maximum Gasteiger partial charge on any atom is 0.246 e. The number of pyridine rings is 1. The standard InChI is InChI=1S/C22H30N6O/c1-17-7-4-9-20(25-17)26-21-14-19(23-16-24-21)13-18-8-5-12-28(15-18)22(29)10-6-11-27(2)3/h4,6-7,9-10,14,16,18H,5,8,11-13,15H2,1-3H3,(H,23,24,25,26)/b10-6+/t18-/m1/s1. The number of anilines is 2. The number of carbonyl (C=O) groups is 1. The van der Waals surface area contributed by atoms with Gasteiger partial charge in [-0.3, -0.25) is 4.79 Å². The van der Waals surface area contributed by atoms with E-state index < -0.39 is 0 Å². The lowest BCUT2D eigenvalue weighted by Gasteiger charge is -2.32. The number of hydrogen-bond donors (Lipinski definition) is 1. The molecule has 0 spiro atoms. The third-order valence-corrected chi connectivity index (χ3v) is 4.93. The molecule has 29 heavy (non-hydrogen) atoms. The van der Waals surface area contributed by atoms with E-state index in [-0.39, 0.29) is 5.91 Å². The third-order valence-electron chi connectivity index (χ3n) is 4.93. The molecule has 3 rings (SSSR count). The largest absolute Gasteiger partial charge is 0.339 e. The number of likely N-dealkylation sites (tertiary alicyclic amines) is 1. The summed E-state index contributed by atoms with van der Waals surface area (Å²) in [7, 11) is 3.98. The molecular formula is C22H30N6O. The zero-order chi connectivity index (χ0) is 20.6. The fraction of sp³-hybridized carbons (Fsp3) is 0.455. The van der Waals surface area contributed by atoms with Gasteiger partial charge in [-0.2, -0.15) is 0 Å². The van der Waals surface area contributed by atoms with Gasteiger partial charge in [0.15, 0.2) is 0 Å². The van der Waals surface area contributed by atoms with Gasteiger partial charge in [-0.15, -0.1) is 0 Å². The van der Waals surface area contributed by atoms with Gasteiger partial charge in [-0.1, -0.05) is 12.1 Å². The molecule has 2 aromatic heterocycles. The van der Waals surface area contributed by atoms with Crippen LogP contribution in [0.25, 0.3) is 0 Å². The van der Waals surface area contributed by atoms with E-state index in [2.05, 4.69) is 20.3 Å². The molecule has 0 aromatic carbocycles. The van der Waals surface area contributed by atoms with Crippen LogP contribution in [-0.4, -0.2) is 64.4 Å². The Morgan fingerprint density at radius 2 is 2.17 bits per heavy atom. The van der Waals surface area contributed by atoms with E-state index in [1.165, 1.54) is 0 Å². The topological polar surface area (TPSA) is 74.2 Å². The molecule has 1 aliphatic rings. The highest BCUT2D eigenvalue weighted by atomic mass is 16.2. The minimum absolute atomic E-state index is 0.104. The number of amides is 1. The second kappa shape index (κ2) is 10.1. The van der Waals surface area contributed by atoms with E-state index in [0.29, 0.717) is 5.92 Å². The predicted octanol–water partition coefficient (Wildman–Crippen LogP) is 2.82. The first kappa shape index (κ1) is 20.9. The van der Waals surface area contributed by atoms with Gasteiger partial charge in [-0.25, -0.2) is 15.0 Å². The predicted molar refractivity (Wildman–Crippen MR) is 115 cm³/mol. The van der Waals surface area contributed by atoms with Gasteiger partial charge in [-0.05, 0) is 58.3 Å². The van der Waals surface area contributed by atoms with Crippen LogP contribution in [0.4, 0.5) is 11.6 Å². The Labute approximate surface area is 172 Å². The normalized spacial score (nSPS) is 17.1. The number of hydrogen-bond acceptors (Lipinski definition) is 6. The molecule has 0 radical (unpaired) electrons. The van der Waals surface area contributed by atoms with Crippen molar-refractivity contribution >= 4 is 17.5 Å². The lowest BCUT2D eigenvalue weighted by molar-refractivity contribution is -0.127. The van der Waals surface area contributed by atoms with Gasteiger partial charge >= 0.3 is 0 Å². The second-order valence-electron chi connectivity index (χ2n) is 7.85. The Kier molecular flexibility index (Phi) is 7.30. The van der Waals surface area contributed by atoms with Crippen molar-refractivity contribution in [2.45, 2.75) is 26.2 Å². The molecule has 3 heterocycles. The van der Waals surface area contributed by atoms with Crippen LogP contribution in [0, 0.1) is 12.8 Å². The molecule has 0 unspecified atom stereocenters. The van der Waals surface area contributed by atoms with Gasteiger partial charge in [0.1, 0.15) is 18.0 Å². The summed E-state index contributed by atoms with van der Waals surface area (Å²) in [6.07, 6.45) is 8.18. The van der Waals surface area contributed by atoms with Crippen LogP contribution < -0.4 is 5.32 Å². The number of likely N-dealkylation sites (N-methyl/N-ethyl adjacent to an activating group) is 1. The molecule has 154 valence electrons. The number of aromatic nitrogens is 3. The zero-order valence-corrected chi connectivity index (χ0v) is 17.5. The number of rotatable bonds is 7. The molecule has 1 aliphatic heterocycles. The van der Waals surface area contributed by atoms with Crippen molar-refractivity contribution in [1.29, 1.82) is 0 Å². The zero-order valence-electron chi connectivity index (χ0n) is 17.5. The smallest absolute Gasteiger partial charge is 0.246 e. The molecule has 1 saturated heterocycles. The molecule has 0 saturated carbocycles. The molecule has 1 atom stereocenters. The fourth-order valence-electron chi connectivity index (χ4n) is 3.52. The lowest BCUT2D eigenvalue weighted by atomic mass is 9.93. The van der Waals surface area contributed by atoms with Crippen LogP contribution in [0.1, 0.15) is 24.2 Å². The minimum atomic E-state index is 0.104. The third kappa shape index (κ3) is 6.64. The summed E-state index contributed by atoms with van der Waals surface area (Å²) in [5, 5.41) is 3.24. The highest BCUT2D eigenvalue weighted by Gasteiger charge is 2.23. The highest BCUT2D eigenvalue weighted by Crippen LogP contribution is 2.22. The first-order chi connectivity index (χ1) is 14.0. The summed E-state index contributed by atoms with van der Waals surface area (Å²) in [5.41, 5.74) is 1.94. The van der Waals surface area contributed by atoms with Gasteiger partial charge in [0.2, 0.25) is 5.91 Å². The Morgan fingerprint density at radius 3 is 2.97 bits per heavy atom. The van der Waals surface area contributed by atoms with Crippen molar-refractivity contribution in [2.75, 3.05) is 39.0 Å². The molecule has 0 bridgehead atoms. The number of nitrogens with zero attached hydrogens (tertiary/aromatic N) is 5. The first-order valence-corrected chi connectivity index (χ1v) is 10.1. The molecule has 7 nitrogen and oxygen atoms in total. The van der Waals surface area contributed by atoms with Gasteiger partial charge in [0.05, 0.1) is 0 Å². The Bertz CT molecular complexity index is 851. The second-order valence-corrected chi connectivity index (χ2v) is 7.85. The van der Waals surface area contributed by atoms with E-state index in [1.807, 2.05) is 61.2 Å². The van der Waals surface area contributed by atoms with Crippen molar-refractivity contribution in [3.05, 3.63) is 54.1 Å². The number of aryl methyl sites for hydroxylation is 1. The SMILES string of the molecule is Cc1cccc(Nc2cc(C[C@H]3CCCN(C(=O)/C=C/CN(C)C)C3)ncn2)n1. The van der Waals surface area contributed by atoms with Gasteiger partial charge < -0.3 is 15.1 Å². The Hall–Kier alpha value is -2.80. The average Bonchev–Trinajstić information content (AvgIpc) is 2.68. The van der Waals surface area contributed by atoms with Crippen LogP contribution >= 0.6 is 0 Å². The number of carbonyl (C=O) groups excluding carboxylic acids is 1. The van der Waals surface area contributed by atoms with E-state index in [9.17, 15) is 4.79 Å². The first-order valence-electron chi connectivity index (χ1n) is 10.1. The fourth-order valence-corrected chi connectivity index (χ4v) is 3.52. The molecule has 1 N–H and O–H groups in total. The maximum atomic E-state index is 12.4. The van der Waals surface area contributed by atoms with Crippen LogP contribution in [0.2, 0.25) is 0 Å². The van der Waals surface area contributed by atoms with Gasteiger partial charge in [0, 0.05) is 43.2 Å². The molecular weight excluding hydrogens is 364 g/mol. The van der Waals surface area contributed by atoms with E-state index in [1.54, 1.807) is 12.4 Å². The maximum absolute atomic E-state index is 12.4. The lowest BCUT2D eigenvalue weighted by Crippen LogP contribution is -2.39. The summed E-state index contributed by atoms with van der Waals surface area (Å²) in [4.78, 5) is 29.6. The molecule has 0 aliphatic carbocycles. The minimum Gasteiger partial charge on any atom is -0.339 e. The molecule has 1 amide bonds. The summed E-state index contributed by atoms with van der Waals surface area (Å²) in [6.45, 7) is 4.34. The van der Waals surface area contributed by atoms with Crippen molar-refractivity contribution < 1.29 is 4.79 Å². The Balaban J connectivity index is 1.58. The summed E-state index contributed by atoms with van der Waals surface area (Å²) >= 11 is 0. The summed E-state index contributed by atoms with van der Waals surface area (Å²) in [6, 6.07) is 7.82. The van der Waals surface area contributed by atoms with Crippen LogP contribution in [0.3, 0.4) is 0 Å². The molecule has 1 fully saturated rings. The molecule has 2 aromatic rings. The van der Waals surface area contributed by atoms with Crippen LogP contribution in [0.5, 0.6) is 0 Å². The molecule has 7 heteroatoms. The van der Waals surface area contributed by atoms with Crippen LogP contribution in [0.15, 0.2) is 42.7 Å². The monoisotopic (exact) mass is 394 g/mol. The van der Waals surface area contributed by atoms with Crippen molar-refractivity contribution in [3.8, 4) is 0 Å². The van der Waals surface area contributed by atoms with E-state index in [4.69, 9.17) is 0 Å². The summed E-state index contributed by atoms with van der Waals surface area (Å²) in [5.74, 6) is 2.03. The van der Waals surface area contributed by atoms with Crippen molar-refractivity contribution in [3.63, 3.8) is 0 Å².